The molecule has 0 saturated heterocycles. The normalized spacial score (nSPS) is 15.1. The monoisotopic (exact) mass is 1540 g/mol. The number of carbonyl (C=O) groups is 9. The van der Waals surface area contributed by atoms with Crippen molar-refractivity contribution in [2.45, 2.75) is 446 Å². The molecule has 6 amide bonds. The van der Waals surface area contributed by atoms with E-state index < -0.39 is 65.1 Å². The average molecular weight is 1540 g/mol. The number of Topliss-reactive ketones (excluding diaryl/α,β-unsaturated/α-hetero) is 3. The van der Waals surface area contributed by atoms with E-state index in [9.17, 15) is 38.4 Å². The molecule has 0 aliphatic heterocycles. The van der Waals surface area contributed by atoms with Crippen molar-refractivity contribution in [2.75, 3.05) is 39.3 Å². The molecule has 8 unspecified atom stereocenters. The summed E-state index contributed by atoms with van der Waals surface area (Å²) in [4.78, 5) is 126. The highest BCUT2D eigenvalue weighted by Gasteiger charge is 2.34. The van der Waals surface area contributed by atoms with Crippen LogP contribution in [0.3, 0.4) is 0 Å². The molecule has 0 aromatic carbocycles. The van der Waals surface area contributed by atoms with Gasteiger partial charge in [-0.2, -0.15) is 0 Å². The van der Waals surface area contributed by atoms with Crippen LogP contribution >= 0.6 is 0 Å². The summed E-state index contributed by atoms with van der Waals surface area (Å²) in [7, 11) is 0. The van der Waals surface area contributed by atoms with Gasteiger partial charge in [0.05, 0.1) is 30.2 Å². The second-order valence-corrected chi connectivity index (χ2v) is 39.9. The Hall–Kier alpha value is -4.49. The fourth-order valence-corrected chi connectivity index (χ4v) is 12.9. The Morgan fingerprint density at radius 3 is 0.872 bits per heavy atom. The molecule has 8 atom stereocenters. The van der Waals surface area contributed by atoms with Gasteiger partial charge in [0.25, 0.3) is 0 Å². The first-order chi connectivity index (χ1) is 50.1. The van der Waals surface area contributed by atoms with Crippen molar-refractivity contribution in [3.8, 4) is 0 Å². The molecule has 0 aromatic heterocycles. The van der Waals surface area contributed by atoms with Crippen LogP contribution in [-0.2, 0) is 43.2 Å². The van der Waals surface area contributed by atoms with Gasteiger partial charge in [0, 0.05) is 88.5 Å². The summed E-state index contributed by atoms with van der Waals surface area (Å²) in [6, 6.07) is -4.84. The molecule has 0 spiro atoms. The highest BCUT2D eigenvalue weighted by molar-refractivity contribution is 5.94. The van der Waals surface area contributed by atoms with Crippen LogP contribution in [-0.4, -0.2) is 179 Å². The van der Waals surface area contributed by atoms with Gasteiger partial charge in [0.2, 0.25) is 35.4 Å². The van der Waals surface area contributed by atoms with Gasteiger partial charge < -0.3 is 74.9 Å². The van der Waals surface area contributed by atoms with E-state index in [0.29, 0.717) is 89.9 Å². The molecule has 0 rings (SSSR count). The largest absolute Gasteiger partial charge is 0.369 e. The Morgan fingerprint density at radius 1 is 0.257 bits per heavy atom. The molecule has 23 nitrogen and oxygen atoms in total. The predicted octanol–water partition coefficient (Wildman–Crippen LogP) is 11.6. The first kappa shape index (κ1) is 105. The van der Waals surface area contributed by atoms with Gasteiger partial charge in [-0.15, -0.1) is 0 Å². The molecule has 0 saturated carbocycles. The summed E-state index contributed by atoms with van der Waals surface area (Å²) < 4.78 is 0. The fraction of sp³-hybridized carbons (Fsp3) is 0.895. The number of primary amides is 1. The van der Waals surface area contributed by atoms with Gasteiger partial charge in [-0.25, -0.2) is 0 Å². The summed E-state index contributed by atoms with van der Waals surface area (Å²) in [5, 5.41) is 43.8. The van der Waals surface area contributed by atoms with Crippen molar-refractivity contribution in [2.24, 2.45) is 17.6 Å². The lowest BCUT2D eigenvalue weighted by Gasteiger charge is -2.30. The standard InChI is InChI=1S/C86H170N14O9/c1-61(2)72(103)60-62(73(87)104)44-29-27-31-52-70(101)63(94-76(107)66(96-78(109)69(100-86(24,25)26)50-37-42-59-93-82(12,13)14)47-30-28-32-53-71(102)64(97-83(15,16)17)46-34-39-56-90-79(3,4)5)45-33-38-54-88-74(105)65(95-77(108)68(99-85(21,22)23)49-36-41-58-92-81(9,10)11)51-43-55-89-75(106)67(98-84(18,19)20)48-35-40-57-91-80(6,7)8/h61-69,90-93,97-100H,27-60H2,1-26H3,(H2,87,104)(H,88,105)(H,89,106)(H,94,107)(H,95,108)(H,96,109). The van der Waals surface area contributed by atoms with E-state index in [-0.39, 0.29) is 131 Å². The highest BCUT2D eigenvalue weighted by Crippen LogP contribution is 2.21. The number of ketones is 3. The van der Waals surface area contributed by atoms with Crippen molar-refractivity contribution < 1.29 is 43.2 Å². The zero-order chi connectivity index (χ0) is 83.6. The van der Waals surface area contributed by atoms with Gasteiger partial charge >= 0.3 is 0 Å². The second-order valence-electron chi connectivity index (χ2n) is 39.9. The Kier molecular flexibility index (Phi) is 49.9. The molecule has 0 heterocycles. The van der Waals surface area contributed by atoms with Gasteiger partial charge in [-0.3, -0.25) is 43.2 Å². The van der Waals surface area contributed by atoms with Gasteiger partial charge in [0.15, 0.2) is 5.78 Å². The Morgan fingerprint density at radius 2 is 0.514 bits per heavy atom. The molecule has 0 fully saturated rings. The van der Waals surface area contributed by atoms with Crippen molar-refractivity contribution in [1.29, 1.82) is 0 Å². The van der Waals surface area contributed by atoms with Crippen LogP contribution in [0.5, 0.6) is 0 Å². The van der Waals surface area contributed by atoms with E-state index in [1.165, 1.54) is 0 Å². The number of hydrogen-bond donors (Lipinski definition) is 14. The lowest BCUT2D eigenvalue weighted by atomic mass is 9.91. The predicted molar refractivity (Wildman–Crippen MR) is 451 cm³/mol. The topological polar surface area (TPSA) is 336 Å². The fourth-order valence-electron chi connectivity index (χ4n) is 12.9. The highest BCUT2D eigenvalue weighted by atomic mass is 16.2. The minimum absolute atomic E-state index is 0.00280. The number of nitrogens with two attached hydrogens (primary N) is 1. The minimum atomic E-state index is -1.02. The third-order valence-electron chi connectivity index (χ3n) is 18.6. The van der Waals surface area contributed by atoms with E-state index in [0.717, 1.165) is 84.0 Å². The van der Waals surface area contributed by atoms with Crippen LogP contribution in [0.15, 0.2) is 0 Å². The van der Waals surface area contributed by atoms with Crippen LogP contribution in [0.4, 0.5) is 0 Å². The van der Waals surface area contributed by atoms with Crippen LogP contribution in [0.1, 0.15) is 360 Å². The van der Waals surface area contributed by atoms with Crippen LogP contribution < -0.4 is 74.9 Å². The maximum atomic E-state index is 15.1. The molecule has 0 bridgehead atoms. The van der Waals surface area contributed by atoms with Gasteiger partial charge in [0.1, 0.15) is 23.7 Å². The lowest BCUT2D eigenvalue weighted by molar-refractivity contribution is -0.132. The molecule has 0 aromatic rings. The zero-order valence-corrected chi connectivity index (χ0v) is 74.5. The molecule has 0 radical (unpaired) electrons. The van der Waals surface area contributed by atoms with E-state index in [1.54, 1.807) is 13.8 Å². The van der Waals surface area contributed by atoms with Crippen molar-refractivity contribution >= 4 is 52.8 Å². The minimum Gasteiger partial charge on any atom is -0.369 e. The Labute approximate surface area is 665 Å². The smallest absolute Gasteiger partial charge is 0.243 e. The summed E-state index contributed by atoms with van der Waals surface area (Å²) in [5.74, 6) is -3.04. The molecule has 638 valence electrons. The number of hydrogen-bond acceptors (Lipinski definition) is 17. The Bertz CT molecular complexity index is 2610. The van der Waals surface area contributed by atoms with Crippen LogP contribution in [0.25, 0.3) is 0 Å². The SMILES string of the molecule is CC(C)C(=O)CC(CCCCCC(=O)C(CCCCNC(=O)C(CCCNC(=O)C(CCCCNC(C)(C)C)NC(C)(C)C)NC(=O)C(CCCCNC(C)(C)C)NC(C)(C)C)NC(=O)C(CCCCCC(=O)C(CCCCNC(C)(C)C)NC(C)(C)C)NC(=O)C(CCCCNC(C)(C)C)NC(C)(C)C)C(N)=O. The molecule has 0 aliphatic carbocycles. The summed E-state index contributed by atoms with van der Waals surface area (Å²) in [6.45, 7) is 57.3. The van der Waals surface area contributed by atoms with Crippen LogP contribution in [0.2, 0.25) is 0 Å². The summed E-state index contributed by atoms with van der Waals surface area (Å²) in [6.07, 6.45) is 15.5. The first-order valence-electron chi connectivity index (χ1n) is 42.5. The zero-order valence-electron chi connectivity index (χ0n) is 74.5. The van der Waals surface area contributed by atoms with Crippen molar-refractivity contribution in [3.63, 3.8) is 0 Å². The maximum Gasteiger partial charge on any atom is 0.243 e. The quantitative estimate of drug-likeness (QED) is 0.0252. The molecule has 109 heavy (non-hydrogen) atoms. The molecular weight excluding hydrogens is 1370 g/mol. The number of amides is 6. The average Bonchev–Trinajstić information content (AvgIpc) is 0.869. The maximum absolute atomic E-state index is 15.1. The van der Waals surface area contributed by atoms with E-state index in [1.807, 2.05) is 62.3 Å². The molecule has 23 heteroatoms. The molecule has 15 N–H and O–H groups in total. The van der Waals surface area contributed by atoms with Gasteiger partial charge in [-0.05, 0) is 302 Å². The molecular formula is C86H170N14O9. The second kappa shape index (κ2) is 52.1. The third-order valence-corrected chi connectivity index (χ3v) is 18.6. The number of rotatable bonds is 59. The van der Waals surface area contributed by atoms with Gasteiger partial charge in [-0.1, -0.05) is 65.2 Å². The number of nitrogens with one attached hydrogen (secondary N) is 13. The van der Waals surface area contributed by atoms with E-state index >= 15 is 4.79 Å². The number of unbranched alkanes of at least 4 members (excludes halogenated alkanes) is 9. The lowest BCUT2D eigenvalue weighted by Crippen LogP contribution is -2.57. The first-order valence-corrected chi connectivity index (χ1v) is 42.5. The third kappa shape index (κ3) is 59.0. The van der Waals surface area contributed by atoms with Crippen molar-refractivity contribution in [1.82, 2.24) is 69.1 Å². The molecule has 0 aliphatic rings. The van der Waals surface area contributed by atoms with E-state index in [4.69, 9.17) is 5.73 Å². The summed E-state index contributed by atoms with van der Waals surface area (Å²) >= 11 is 0. The van der Waals surface area contributed by atoms with Crippen LogP contribution in [0, 0.1) is 11.8 Å². The number of carbonyl (C=O) groups excluding carboxylic acids is 9. The Balaban J connectivity index is 7.27. The van der Waals surface area contributed by atoms with Crippen molar-refractivity contribution in [3.05, 3.63) is 0 Å². The summed E-state index contributed by atoms with van der Waals surface area (Å²) in [5.41, 5.74) is 4.23. The van der Waals surface area contributed by atoms with E-state index in [2.05, 4.69) is 173 Å².